The van der Waals surface area contributed by atoms with Gasteiger partial charge in [-0.25, -0.2) is 8.42 Å². The molecule has 1 atom stereocenters. The Morgan fingerprint density at radius 1 is 1.21 bits per heavy atom. The third-order valence-electron chi connectivity index (χ3n) is 5.23. The number of likely N-dealkylation sites (N-methyl/N-ethyl adjacent to an activating group) is 1. The highest BCUT2D eigenvalue weighted by molar-refractivity contribution is 14.0. The van der Waals surface area contributed by atoms with Crippen LogP contribution in [0, 0.1) is 5.92 Å². The van der Waals surface area contributed by atoms with Crippen molar-refractivity contribution in [2.45, 2.75) is 38.8 Å². The average Bonchev–Trinajstić information content (AvgIpc) is 3.43. The van der Waals surface area contributed by atoms with Crippen LogP contribution in [0.25, 0.3) is 0 Å². The summed E-state index contributed by atoms with van der Waals surface area (Å²) < 4.78 is 31.9. The maximum Gasteiger partial charge on any atom is 0.216 e. The van der Waals surface area contributed by atoms with Crippen LogP contribution in [0.5, 0.6) is 0 Å². The van der Waals surface area contributed by atoms with Crippen molar-refractivity contribution in [3.05, 3.63) is 0 Å². The molecule has 1 saturated heterocycles. The first kappa shape index (κ1) is 25.9. The number of halogens is 1. The largest absolute Gasteiger partial charge is 0.378 e. The van der Waals surface area contributed by atoms with E-state index in [4.69, 9.17) is 4.74 Å². The Bertz CT molecular complexity index is 586. The van der Waals surface area contributed by atoms with Crippen LogP contribution < -0.4 is 5.32 Å². The predicted molar refractivity (Wildman–Crippen MR) is 125 cm³/mol. The highest BCUT2D eigenvalue weighted by Gasteiger charge is 2.33. The summed E-state index contributed by atoms with van der Waals surface area (Å²) in [6.07, 6.45) is 2.66. The maximum atomic E-state index is 12.5. The lowest BCUT2D eigenvalue weighted by Crippen LogP contribution is -2.55. The molecule has 0 amide bonds. The Labute approximate surface area is 188 Å². The summed E-state index contributed by atoms with van der Waals surface area (Å²) in [7, 11) is 2.78. The normalized spacial score (nSPS) is 20.4. The summed E-state index contributed by atoms with van der Waals surface area (Å²) in [5, 5.41) is 3.49. The van der Waals surface area contributed by atoms with E-state index in [0.29, 0.717) is 32.2 Å². The van der Waals surface area contributed by atoms with Crippen molar-refractivity contribution in [1.82, 2.24) is 19.4 Å². The lowest BCUT2D eigenvalue weighted by molar-refractivity contribution is 0.0904. The van der Waals surface area contributed by atoms with E-state index in [9.17, 15) is 8.42 Å². The molecule has 0 aromatic heterocycles. The van der Waals surface area contributed by atoms with Gasteiger partial charge in [0.05, 0.1) is 18.5 Å². The van der Waals surface area contributed by atoms with Gasteiger partial charge >= 0.3 is 0 Å². The predicted octanol–water partition coefficient (Wildman–Crippen LogP) is 0.892. The molecule has 0 aromatic carbocycles. The second-order valence-electron chi connectivity index (χ2n) is 7.92. The number of nitrogens with one attached hydrogen (secondary N) is 1. The van der Waals surface area contributed by atoms with Gasteiger partial charge in [0.25, 0.3) is 0 Å². The molecule has 1 aliphatic heterocycles. The van der Waals surface area contributed by atoms with Crippen LogP contribution in [-0.2, 0) is 14.8 Å². The Balaban J connectivity index is 0.00000392. The first-order valence-electron chi connectivity index (χ1n) is 9.96. The van der Waals surface area contributed by atoms with Gasteiger partial charge in [0, 0.05) is 45.8 Å². The summed E-state index contributed by atoms with van der Waals surface area (Å²) in [4.78, 5) is 8.83. The van der Waals surface area contributed by atoms with Crippen LogP contribution in [-0.4, -0.2) is 107 Å². The molecule has 1 aliphatic carbocycles. The first-order chi connectivity index (χ1) is 12.7. The van der Waals surface area contributed by atoms with Gasteiger partial charge in [-0.2, -0.15) is 4.31 Å². The van der Waals surface area contributed by atoms with Crippen LogP contribution in [0.4, 0.5) is 0 Å². The lowest BCUT2D eigenvalue weighted by atomic mass is 10.1. The summed E-state index contributed by atoms with van der Waals surface area (Å²) in [5.41, 5.74) is 0. The average molecular weight is 532 g/mol. The number of sulfonamides is 1. The van der Waals surface area contributed by atoms with Crippen molar-refractivity contribution in [3.8, 4) is 0 Å². The van der Waals surface area contributed by atoms with Crippen molar-refractivity contribution in [1.29, 1.82) is 0 Å². The molecule has 2 aliphatic rings. The summed E-state index contributed by atoms with van der Waals surface area (Å²) in [5.74, 6) is 1.69. The molecule has 10 heteroatoms. The molecule has 2 rings (SSSR count). The van der Waals surface area contributed by atoms with Gasteiger partial charge in [-0.05, 0) is 46.7 Å². The number of ether oxygens (including phenoxy) is 1. The van der Waals surface area contributed by atoms with E-state index in [1.807, 2.05) is 13.8 Å². The topological polar surface area (TPSA) is 77.5 Å². The van der Waals surface area contributed by atoms with Gasteiger partial charge in [0.15, 0.2) is 5.96 Å². The summed E-state index contributed by atoms with van der Waals surface area (Å²) in [6, 6.07) is 0.518. The number of nitrogens with zero attached hydrogens (tertiary/aromatic N) is 4. The second-order valence-corrected chi connectivity index (χ2v) is 10.0. The van der Waals surface area contributed by atoms with Crippen molar-refractivity contribution >= 4 is 40.0 Å². The minimum absolute atomic E-state index is 0. The Hall–Kier alpha value is -0.170. The number of hydrogen-bond acceptors (Lipinski definition) is 5. The van der Waals surface area contributed by atoms with Gasteiger partial charge in [-0.3, -0.25) is 4.99 Å². The van der Waals surface area contributed by atoms with E-state index in [2.05, 4.69) is 34.2 Å². The molecule has 1 N–H and O–H groups in total. The zero-order valence-electron chi connectivity index (χ0n) is 17.9. The van der Waals surface area contributed by atoms with Crippen molar-refractivity contribution in [3.63, 3.8) is 0 Å². The zero-order chi connectivity index (χ0) is 20.0. The smallest absolute Gasteiger partial charge is 0.216 e. The van der Waals surface area contributed by atoms with Gasteiger partial charge in [0.2, 0.25) is 10.0 Å². The third-order valence-corrected chi connectivity index (χ3v) is 7.07. The molecule has 8 nitrogen and oxygen atoms in total. The van der Waals surface area contributed by atoms with E-state index in [-0.39, 0.29) is 42.4 Å². The Morgan fingerprint density at radius 2 is 1.82 bits per heavy atom. The van der Waals surface area contributed by atoms with Crippen molar-refractivity contribution in [2.24, 2.45) is 10.9 Å². The molecule has 166 valence electrons. The van der Waals surface area contributed by atoms with Gasteiger partial charge in [0.1, 0.15) is 0 Å². The van der Waals surface area contributed by atoms with Crippen LogP contribution in [0.2, 0.25) is 0 Å². The standard InChI is InChI=1S/C18H37N5O3S.HI/c1-15(2)26-12-13-27(24,25)23-10-8-22(9-11-23)18(19-3)20-14-17(21(4)5)16-6-7-16;/h15-17H,6-14H2,1-5H3,(H,19,20);1H. The van der Waals surface area contributed by atoms with E-state index in [1.165, 1.54) is 12.8 Å². The van der Waals surface area contributed by atoms with Gasteiger partial charge < -0.3 is 19.9 Å². The monoisotopic (exact) mass is 531 g/mol. The minimum Gasteiger partial charge on any atom is -0.378 e. The highest BCUT2D eigenvalue weighted by atomic mass is 127. The second kappa shape index (κ2) is 11.9. The minimum atomic E-state index is -3.26. The molecule has 28 heavy (non-hydrogen) atoms. The third kappa shape index (κ3) is 7.92. The van der Waals surface area contributed by atoms with Crippen molar-refractivity contribution in [2.75, 3.05) is 66.2 Å². The quantitative estimate of drug-likeness (QED) is 0.271. The summed E-state index contributed by atoms with van der Waals surface area (Å²) >= 11 is 0. The molecule has 1 heterocycles. The fourth-order valence-electron chi connectivity index (χ4n) is 3.48. The molecular weight excluding hydrogens is 493 g/mol. The number of aliphatic imine (C=N–C) groups is 1. The van der Waals surface area contributed by atoms with Crippen molar-refractivity contribution < 1.29 is 13.2 Å². The number of hydrogen-bond donors (Lipinski definition) is 1. The highest BCUT2D eigenvalue weighted by Crippen LogP contribution is 2.34. The summed E-state index contributed by atoms with van der Waals surface area (Å²) in [6.45, 7) is 7.23. The molecule has 0 radical (unpaired) electrons. The maximum absolute atomic E-state index is 12.5. The van der Waals surface area contributed by atoms with E-state index < -0.39 is 10.0 Å². The van der Waals surface area contributed by atoms with Gasteiger partial charge in [-0.15, -0.1) is 24.0 Å². The van der Waals surface area contributed by atoms with E-state index >= 15 is 0 Å². The molecule has 0 bridgehead atoms. The fourth-order valence-corrected chi connectivity index (χ4v) is 4.76. The molecular formula is C18H38IN5O3S. The lowest BCUT2D eigenvalue weighted by Gasteiger charge is -2.36. The van der Waals surface area contributed by atoms with E-state index in [0.717, 1.165) is 18.4 Å². The molecule has 0 spiro atoms. The Morgan fingerprint density at radius 3 is 2.29 bits per heavy atom. The number of piperazine rings is 1. The number of guanidine groups is 1. The Kier molecular flexibility index (Phi) is 11.0. The molecule has 1 saturated carbocycles. The molecule has 1 unspecified atom stereocenters. The first-order valence-corrected chi connectivity index (χ1v) is 11.6. The van der Waals surface area contributed by atoms with Crippen LogP contribution in [0.15, 0.2) is 4.99 Å². The van der Waals surface area contributed by atoms with E-state index in [1.54, 1.807) is 11.4 Å². The molecule has 2 fully saturated rings. The molecule has 0 aromatic rings. The zero-order valence-corrected chi connectivity index (χ0v) is 21.1. The van der Waals surface area contributed by atoms with Crippen LogP contribution >= 0.6 is 24.0 Å². The van der Waals surface area contributed by atoms with Gasteiger partial charge in [-0.1, -0.05) is 0 Å². The SMILES string of the molecule is CN=C(NCC(C1CC1)N(C)C)N1CCN(S(=O)(=O)CCOC(C)C)CC1.I. The van der Waals surface area contributed by atoms with Crippen LogP contribution in [0.3, 0.4) is 0 Å². The van der Waals surface area contributed by atoms with Crippen LogP contribution in [0.1, 0.15) is 26.7 Å². The number of rotatable bonds is 9. The fraction of sp³-hybridized carbons (Fsp3) is 0.944.